The van der Waals surface area contributed by atoms with Gasteiger partial charge in [0.25, 0.3) is 0 Å². The minimum atomic E-state index is -1.66. The SMILES string of the molecule is Cc1cc(Nc2cc(C)[nH]n2)nc([C@@H](O)c2cc(F)c(F)cc2F)n1. The molecule has 3 rings (SSSR count). The molecule has 0 aliphatic rings. The van der Waals surface area contributed by atoms with Crippen molar-refractivity contribution < 1.29 is 18.3 Å². The zero-order valence-electron chi connectivity index (χ0n) is 13.3. The second-order valence-corrected chi connectivity index (χ2v) is 5.50. The quantitative estimate of drug-likeness (QED) is 0.630. The Morgan fingerprint density at radius 3 is 2.36 bits per heavy atom. The van der Waals surface area contributed by atoms with E-state index in [4.69, 9.17) is 0 Å². The van der Waals surface area contributed by atoms with E-state index in [1.54, 1.807) is 19.1 Å². The average molecular weight is 349 g/mol. The van der Waals surface area contributed by atoms with Gasteiger partial charge in [-0.3, -0.25) is 5.10 Å². The van der Waals surface area contributed by atoms with Crippen molar-refractivity contribution in [2.75, 3.05) is 5.32 Å². The standard InChI is InChI=1S/C16H14F3N5O/c1-7-3-13(21-14-4-8(2)23-24-14)22-16(20-7)15(25)9-5-11(18)12(19)6-10(9)17/h3-6,15,25H,1-2H3,(H2,20,21,22,23,24)/t15-/m0/s1. The van der Waals surface area contributed by atoms with Gasteiger partial charge in [0.05, 0.1) is 0 Å². The third-order valence-electron chi connectivity index (χ3n) is 3.41. The van der Waals surface area contributed by atoms with E-state index in [2.05, 4.69) is 25.5 Å². The second kappa shape index (κ2) is 6.52. The maximum atomic E-state index is 13.9. The molecule has 9 heteroatoms. The molecule has 0 unspecified atom stereocenters. The summed E-state index contributed by atoms with van der Waals surface area (Å²) in [6.07, 6.45) is -1.66. The molecular weight excluding hydrogens is 335 g/mol. The van der Waals surface area contributed by atoms with E-state index in [0.29, 0.717) is 29.5 Å². The smallest absolute Gasteiger partial charge is 0.164 e. The highest BCUT2D eigenvalue weighted by Crippen LogP contribution is 2.25. The predicted octanol–water partition coefficient (Wildman–Crippen LogP) is 3.06. The van der Waals surface area contributed by atoms with E-state index in [1.165, 1.54) is 0 Å². The molecule has 6 nitrogen and oxygen atoms in total. The number of nitrogens with zero attached hydrogens (tertiary/aromatic N) is 3. The highest BCUT2D eigenvalue weighted by atomic mass is 19.2. The summed E-state index contributed by atoms with van der Waals surface area (Å²) in [5.74, 6) is -3.04. The summed E-state index contributed by atoms with van der Waals surface area (Å²) in [5, 5.41) is 20.0. The van der Waals surface area contributed by atoms with Gasteiger partial charge in [-0.2, -0.15) is 5.10 Å². The minimum Gasteiger partial charge on any atom is -0.380 e. The number of nitrogens with one attached hydrogen (secondary N) is 2. The van der Waals surface area contributed by atoms with Crippen LogP contribution in [0, 0.1) is 31.3 Å². The van der Waals surface area contributed by atoms with Crippen LogP contribution < -0.4 is 5.32 Å². The van der Waals surface area contributed by atoms with Gasteiger partial charge in [0.2, 0.25) is 0 Å². The number of aliphatic hydroxyl groups is 1. The highest BCUT2D eigenvalue weighted by Gasteiger charge is 2.21. The fourth-order valence-electron chi connectivity index (χ4n) is 2.28. The number of aryl methyl sites for hydroxylation is 2. The first-order valence-electron chi connectivity index (χ1n) is 7.30. The fourth-order valence-corrected chi connectivity index (χ4v) is 2.28. The lowest BCUT2D eigenvalue weighted by molar-refractivity contribution is 0.203. The van der Waals surface area contributed by atoms with Gasteiger partial charge >= 0.3 is 0 Å². The Morgan fingerprint density at radius 2 is 1.68 bits per heavy atom. The third-order valence-corrected chi connectivity index (χ3v) is 3.41. The predicted molar refractivity (Wildman–Crippen MR) is 83.8 cm³/mol. The lowest BCUT2D eigenvalue weighted by atomic mass is 10.1. The van der Waals surface area contributed by atoms with Crippen LogP contribution in [0.5, 0.6) is 0 Å². The van der Waals surface area contributed by atoms with Gasteiger partial charge in [-0.1, -0.05) is 0 Å². The molecule has 0 bridgehead atoms. The van der Waals surface area contributed by atoms with E-state index in [0.717, 1.165) is 5.69 Å². The van der Waals surface area contributed by atoms with Gasteiger partial charge < -0.3 is 10.4 Å². The molecule has 1 aromatic carbocycles. The first-order valence-corrected chi connectivity index (χ1v) is 7.30. The number of aromatic amines is 1. The minimum absolute atomic E-state index is 0.153. The van der Waals surface area contributed by atoms with E-state index in [-0.39, 0.29) is 5.82 Å². The van der Waals surface area contributed by atoms with Crippen LogP contribution in [-0.4, -0.2) is 25.3 Å². The monoisotopic (exact) mass is 349 g/mol. The molecule has 0 amide bonds. The normalized spacial score (nSPS) is 12.2. The van der Waals surface area contributed by atoms with Crippen LogP contribution >= 0.6 is 0 Å². The van der Waals surface area contributed by atoms with Gasteiger partial charge in [0.1, 0.15) is 17.7 Å². The number of benzene rings is 1. The van der Waals surface area contributed by atoms with Gasteiger partial charge in [0, 0.05) is 35.2 Å². The Labute approximate surface area is 140 Å². The summed E-state index contributed by atoms with van der Waals surface area (Å²) in [7, 11) is 0. The third kappa shape index (κ3) is 3.61. The summed E-state index contributed by atoms with van der Waals surface area (Å²) < 4.78 is 40.3. The number of aliphatic hydroxyl groups excluding tert-OH is 1. The zero-order chi connectivity index (χ0) is 18.1. The van der Waals surface area contributed by atoms with Crippen LogP contribution in [0.4, 0.5) is 24.8 Å². The summed E-state index contributed by atoms with van der Waals surface area (Å²) in [6.45, 7) is 3.48. The summed E-state index contributed by atoms with van der Waals surface area (Å²) in [4.78, 5) is 8.14. The molecule has 3 N–H and O–H groups in total. The van der Waals surface area contributed by atoms with Crippen molar-refractivity contribution >= 4 is 11.6 Å². The molecule has 25 heavy (non-hydrogen) atoms. The topological polar surface area (TPSA) is 86.7 Å². The van der Waals surface area contributed by atoms with Crippen molar-refractivity contribution in [1.29, 1.82) is 0 Å². The molecule has 0 spiro atoms. The molecule has 2 aromatic heterocycles. The maximum Gasteiger partial charge on any atom is 0.164 e. The van der Waals surface area contributed by atoms with Crippen molar-refractivity contribution in [1.82, 2.24) is 20.2 Å². The van der Waals surface area contributed by atoms with Crippen LogP contribution in [0.2, 0.25) is 0 Å². The average Bonchev–Trinajstić information content (AvgIpc) is 2.94. The fraction of sp³-hybridized carbons (Fsp3) is 0.188. The number of hydrogen-bond donors (Lipinski definition) is 3. The van der Waals surface area contributed by atoms with Gasteiger partial charge in [-0.25, -0.2) is 23.1 Å². The number of rotatable bonds is 4. The van der Waals surface area contributed by atoms with E-state index in [1.807, 2.05) is 6.92 Å². The molecule has 0 aliphatic heterocycles. The molecular formula is C16H14F3N5O. The van der Waals surface area contributed by atoms with Crippen molar-refractivity contribution in [3.63, 3.8) is 0 Å². The zero-order valence-corrected chi connectivity index (χ0v) is 13.3. The van der Waals surface area contributed by atoms with Crippen LogP contribution in [0.1, 0.15) is 28.9 Å². The highest BCUT2D eigenvalue weighted by molar-refractivity contribution is 5.52. The van der Waals surface area contributed by atoms with Crippen molar-refractivity contribution in [2.45, 2.75) is 20.0 Å². The molecule has 130 valence electrons. The molecule has 0 saturated heterocycles. The number of hydrogen-bond acceptors (Lipinski definition) is 5. The molecule has 0 fully saturated rings. The number of H-pyrrole nitrogens is 1. The number of halogens is 3. The second-order valence-electron chi connectivity index (χ2n) is 5.50. The van der Waals surface area contributed by atoms with Crippen LogP contribution in [0.15, 0.2) is 24.3 Å². The molecule has 0 radical (unpaired) electrons. The first kappa shape index (κ1) is 16.9. The van der Waals surface area contributed by atoms with Gasteiger partial charge in [-0.05, 0) is 19.9 Å². The molecule has 2 heterocycles. The number of anilines is 2. The molecule has 3 aromatic rings. The lowest BCUT2D eigenvalue weighted by Crippen LogP contribution is -2.11. The van der Waals surface area contributed by atoms with E-state index >= 15 is 0 Å². The van der Waals surface area contributed by atoms with E-state index in [9.17, 15) is 18.3 Å². The molecule has 0 aliphatic carbocycles. The maximum absolute atomic E-state index is 13.9. The summed E-state index contributed by atoms with van der Waals surface area (Å²) in [6, 6.07) is 4.30. The first-order chi connectivity index (χ1) is 11.8. The van der Waals surface area contributed by atoms with Crippen molar-refractivity contribution in [3.8, 4) is 0 Å². The number of aromatic nitrogens is 4. The molecule has 1 atom stereocenters. The Hall–Kier alpha value is -2.94. The largest absolute Gasteiger partial charge is 0.380 e. The van der Waals surface area contributed by atoms with Gasteiger partial charge in [-0.15, -0.1) is 0 Å². The van der Waals surface area contributed by atoms with Gasteiger partial charge in [0.15, 0.2) is 23.3 Å². The Balaban J connectivity index is 1.95. The van der Waals surface area contributed by atoms with Crippen molar-refractivity contribution in [2.24, 2.45) is 0 Å². The molecule has 0 saturated carbocycles. The van der Waals surface area contributed by atoms with Crippen LogP contribution in [0.3, 0.4) is 0 Å². The summed E-state index contributed by atoms with van der Waals surface area (Å²) in [5.41, 5.74) is 0.866. The van der Waals surface area contributed by atoms with Crippen LogP contribution in [0.25, 0.3) is 0 Å². The Kier molecular flexibility index (Phi) is 4.41. The van der Waals surface area contributed by atoms with Crippen LogP contribution in [-0.2, 0) is 0 Å². The van der Waals surface area contributed by atoms with Crippen molar-refractivity contribution in [3.05, 3.63) is 64.5 Å². The Bertz CT molecular complexity index is 928. The summed E-state index contributed by atoms with van der Waals surface area (Å²) >= 11 is 0. The Morgan fingerprint density at radius 1 is 0.960 bits per heavy atom. The van der Waals surface area contributed by atoms with E-state index < -0.39 is 29.1 Å². The lowest BCUT2D eigenvalue weighted by Gasteiger charge is -2.13.